The lowest BCUT2D eigenvalue weighted by atomic mass is 9.99. The van der Waals surface area contributed by atoms with Gasteiger partial charge in [0.1, 0.15) is 0 Å². The molecule has 0 aliphatic carbocycles. The van der Waals surface area contributed by atoms with E-state index in [1.54, 1.807) is 6.20 Å². The van der Waals surface area contributed by atoms with Crippen LogP contribution in [-0.4, -0.2) is 22.5 Å². The molecule has 5 nitrogen and oxygen atoms in total. The summed E-state index contributed by atoms with van der Waals surface area (Å²) in [6.07, 6.45) is 1.99. The monoisotopic (exact) mass is 349 g/mol. The molecule has 0 unspecified atom stereocenters. The standard InChI is InChI=1S/C21H23N3O2/c1-4-26-21-16(8-7-11-22-21)13-23-20(25)12-18-14(2)17-9-5-6-10-19(17)24-15(18)3/h5-11H,4,12-13H2,1-3H3,(H,23,25). The summed E-state index contributed by atoms with van der Waals surface area (Å²) in [5.74, 6) is 0.523. The predicted octanol–water partition coefficient (Wildman–Crippen LogP) is 3.50. The molecule has 134 valence electrons. The Morgan fingerprint density at radius 3 is 2.77 bits per heavy atom. The van der Waals surface area contributed by atoms with E-state index in [1.165, 1.54) is 0 Å². The van der Waals surface area contributed by atoms with Crippen LogP contribution in [0.25, 0.3) is 10.9 Å². The molecule has 0 bridgehead atoms. The second kappa shape index (κ2) is 7.95. The largest absolute Gasteiger partial charge is 0.478 e. The van der Waals surface area contributed by atoms with Crippen molar-refractivity contribution in [2.75, 3.05) is 6.61 Å². The van der Waals surface area contributed by atoms with Gasteiger partial charge >= 0.3 is 0 Å². The summed E-state index contributed by atoms with van der Waals surface area (Å²) in [5, 5.41) is 4.05. The molecule has 0 spiro atoms. The highest BCUT2D eigenvalue weighted by molar-refractivity contribution is 5.86. The van der Waals surface area contributed by atoms with Crippen molar-refractivity contribution in [1.82, 2.24) is 15.3 Å². The number of aryl methyl sites for hydroxylation is 2. The highest BCUT2D eigenvalue weighted by atomic mass is 16.5. The number of rotatable bonds is 6. The van der Waals surface area contributed by atoms with Crippen molar-refractivity contribution in [3.8, 4) is 5.88 Å². The molecule has 0 aliphatic heterocycles. The Hall–Kier alpha value is -2.95. The van der Waals surface area contributed by atoms with Gasteiger partial charge in [-0.1, -0.05) is 24.3 Å². The molecule has 0 atom stereocenters. The first-order valence-corrected chi connectivity index (χ1v) is 8.78. The fraction of sp³-hybridized carbons (Fsp3) is 0.286. The number of hydrogen-bond donors (Lipinski definition) is 1. The van der Waals surface area contributed by atoms with Crippen molar-refractivity contribution < 1.29 is 9.53 Å². The van der Waals surface area contributed by atoms with Gasteiger partial charge in [0.05, 0.1) is 18.5 Å². The number of carbonyl (C=O) groups excluding carboxylic acids is 1. The minimum Gasteiger partial charge on any atom is -0.478 e. The molecule has 2 heterocycles. The molecule has 26 heavy (non-hydrogen) atoms. The van der Waals surface area contributed by atoms with Crippen molar-refractivity contribution in [1.29, 1.82) is 0 Å². The third kappa shape index (κ3) is 3.82. The van der Waals surface area contributed by atoms with Crippen LogP contribution in [0.15, 0.2) is 42.6 Å². The first-order chi connectivity index (χ1) is 12.6. The molecule has 0 fully saturated rings. The van der Waals surface area contributed by atoms with E-state index in [-0.39, 0.29) is 5.91 Å². The van der Waals surface area contributed by atoms with E-state index in [4.69, 9.17) is 4.74 Å². The number of carbonyl (C=O) groups is 1. The van der Waals surface area contributed by atoms with Crippen molar-refractivity contribution in [3.05, 3.63) is 65.0 Å². The number of fused-ring (bicyclic) bond motifs is 1. The number of hydrogen-bond acceptors (Lipinski definition) is 4. The number of pyridine rings is 2. The number of aromatic nitrogens is 2. The zero-order valence-electron chi connectivity index (χ0n) is 15.4. The molecule has 0 saturated heterocycles. The normalized spacial score (nSPS) is 10.7. The van der Waals surface area contributed by atoms with E-state index < -0.39 is 0 Å². The molecule has 3 aromatic rings. The van der Waals surface area contributed by atoms with Crippen LogP contribution in [0.5, 0.6) is 5.88 Å². The quantitative estimate of drug-likeness (QED) is 0.740. The van der Waals surface area contributed by atoms with Gasteiger partial charge in [-0.05, 0) is 44.0 Å². The smallest absolute Gasteiger partial charge is 0.224 e. The summed E-state index contributed by atoms with van der Waals surface area (Å²) in [5.41, 5.74) is 4.82. The van der Waals surface area contributed by atoms with Gasteiger partial charge in [-0.3, -0.25) is 9.78 Å². The zero-order valence-corrected chi connectivity index (χ0v) is 15.4. The van der Waals surface area contributed by atoms with E-state index in [0.717, 1.165) is 33.3 Å². The summed E-state index contributed by atoms with van der Waals surface area (Å²) in [6.45, 7) is 6.85. The first kappa shape index (κ1) is 17.9. The van der Waals surface area contributed by atoms with Crippen LogP contribution in [0.3, 0.4) is 0 Å². The minimum atomic E-state index is -0.0421. The SMILES string of the molecule is CCOc1ncccc1CNC(=O)Cc1c(C)nc2ccccc2c1C. The Morgan fingerprint density at radius 1 is 1.15 bits per heavy atom. The third-order valence-electron chi connectivity index (χ3n) is 4.43. The zero-order chi connectivity index (χ0) is 18.5. The highest BCUT2D eigenvalue weighted by Gasteiger charge is 2.13. The van der Waals surface area contributed by atoms with Crippen LogP contribution in [0.1, 0.15) is 29.3 Å². The van der Waals surface area contributed by atoms with E-state index >= 15 is 0 Å². The number of ether oxygens (including phenoxy) is 1. The van der Waals surface area contributed by atoms with Crippen LogP contribution in [0, 0.1) is 13.8 Å². The summed E-state index contributed by atoms with van der Waals surface area (Å²) in [7, 11) is 0. The predicted molar refractivity (Wildman–Crippen MR) is 102 cm³/mol. The van der Waals surface area contributed by atoms with Crippen molar-refractivity contribution in [3.63, 3.8) is 0 Å². The maximum Gasteiger partial charge on any atom is 0.224 e. The van der Waals surface area contributed by atoms with Crippen LogP contribution in [-0.2, 0) is 17.8 Å². The van der Waals surface area contributed by atoms with Crippen molar-refractivity contribution in [2.24, 2.45) is 0 Å². The summed E-state index contributed by atoms with van der Waals surface area (Å²) >= 11 is 0. The molecule has 2 aromatic heterocycles. The Bertz CT molecular complexity index is 938. The van der Waals surface area contributed by atoms with Crippen LogP contribution in [0.2, 0.25) is 0 Å². The lowest BCUT2D eigenvalue weighted by Crippen LogP contribution is -2.25. The Balaban J connectivity index is 1.74. The van der Waals surface area contributed by atoms with Gasteiger partial charge in [-0.15, -0.1) is 0 Å². The third-order valence-corrected chi connectivity index (χ3v) is 4.43. The fourth-order valence-electron chi connectivity index (χ4n) is 3.07. The Kier molecular flexibility index (Phi) is 5.46. The van der Waals surface area contributed by atoms with Gasteiger partial charge in [0.25, 0.3) is 0 Å². The first-order valence-electron chi connectivity index (χ1n) is 8.78. The van der Waals surface area contributed by atoms with E-state index in [2.05, 4.69) is 15.3 Å². The Morgan fingerprint density at radius 2 is 1.96 bits per heavy atom. The number of amides is 1. The van der Waals surface area contributed by atoms with Crippen LogP contribution < -0.4 is 10.1 Å². The molecule has 0 radical (unpaired) electrons. The average Bonchev–Trinajstić information content (AvgIpc) is 2.65. The molecule has 0 saturated carbocycles. The second-order valence-electron chi connectivity index (χ2n) is 6.17. The van der Waals surface area contributed by atoms with Gasteiger partial charge in [0.15, 0.2) is 0 Å². The summed E-state index contributed by atoms with van der Waals surface area (Å²) in [4.78, 5) is 21.3. The van der Waals surface area contributed by atoms with Crippen molar-refractivity contribution in [2.45, 2.75) is 33.7 Å². The number of nitrogens with one attached hydrogen (secondary N) is 1. The van der Waals surface area contributed by atoms with Crippen LogP contribution >= 0.6 is 0 Å². The maximum absolute atomic E-state index is 12.5. The highest BCUT2D eigenvalue weighted by Crippen LogP contribution is 2.23. The van der Waals surface area contributed by atoms with Gasteiger partial charge in [-0.25, -0.2) is 4.98 Å². The van der Waals surface area contributed by atoms with E-state index in [0.29, 0.717) is 25.5 Å². The molecule has 5 heteroatoms. The second-order valence-corrected chi connectivity index (χ2v) is 6.17. The molecule has 1 aromatic carbocycles. The molecule has 0 aliphatic rings. The minimum absolute atomic E-state index is 0.0421. The number of para-hydroxylation sites is 1. The van der Waals surface area contributed by atoms with Gasteiger partial charge < -0.3 is 10.1 Å². The average molecular weight is 349 g/mol. The molecule has 3 rings (SSSR count). The lowest BCUT2D eigenvalue weighted by molar-refractivity contribution is -0.120. The van der Waals surface area contributed by atoms with Gasteiger partial charge in [-0.2, -0.15) is 0 Å². The van der Waals surface area contributed by atoms with Gasteiger partial charge in [0, 0.05) is 29.4 Å². The molecular weight excluding hydrogens is 326 g/mol. The molecule has 1 amide bonds. The van der Waals surface area contributed by atoms with Crippen molar-refractivity contribution >= 4 is 16.8 Å². The van der Waals surface area contributed by atoms with E-state index in [1.807, 2.05) is 57.2 Å². The molecular formula is C21H23N3O2. The topological polar surface area (TPSA) is 64.1 Å². The van der Waals surface area contributed by atoms with Gasteiger partial charge in [0.2, 0.25) is 11.8 Å². The number of benzene rings is 1. The fourth-order valence-corrected chi connectivity index (χ4v) is 3.07. The van der Waals surface area contributed by atoms with E-state index in [9.17, 15) is 4.79 Å². The van der Waals surface area contributed by atoms with Crippen LogP contribution in [0.4, 0.5) is 0 Å². The molecule has 1 N–H and O–H groups in total. The number of nitrogens with zero attached hydrogens (tertiary/aromatic N) is 2. The summed E-state index contributed by atoms with van der Waals surface area (Å²) in [6, 6.07) is 11.8. The maximum atomic E-state index is 12.5. The Labute approximate surface area is 153 Å². The lowest BCUT2D eigenvalue weighted by Gasteiger charge is -2.13. The summed E-state index contributed by atoms with van der Waals surface area (Å²) < 4.78 is 5.50.